The predicted molar refractivity (Wildman–Crippen MR) is 106 cm³/mol. The predicted octanol–water partition coefficient (Wildman–Crippen LogP) is 3.44. The van der Waals surface area contributed by atoms with Gasteiger partial charge in [-0.15, -0.1) is 8.80 Å². The van der Waals surface area contributed by atoms with Crippen LogP contribution in [-0.4, -0.2) is 27.2 Å². The molecule has 0 heterocycles. The zero-order chi connectivity index (χ0) is 19.2. The van der Waals surface area contributed by atoms with E-state index in [4.69, 9.17) is 0 Å². The fourth-order valence-electron chi connectivity index (χ4n) is 2.08. The van der Waals surface area contributed by atoms with Crippen LogP contribution in [0.5, 0.6) is 0 Å². The van der Waals surface area contributed by atoms with Crippen LogP contribution in [0.2, 0.25) is 0 Å². The summed E-state index contributed by atoms with van der Waals surface area (Å²) >= 11 is 8.72. The lowest BCUT2D eigenvalue weighted by molar-refractivity contribution is 0.596. The summed E-state index contributed by atoms with van der Waals surface area (Å²) < 4.78 is 54.9. The van der Waals surface area contributed by atoms with E-state index < -0.39 is 20.0 Å². The molecule has 10 heteroatoms. The van der Waals surface area contributed by atoms with E-state index in [1.165, 1.54) is 36.4 Å². The highest BCUT2D eigenvalue weighted by Crippen LogP contribution is 2.23. The molecule has 2 aromatic rings. The first-order valence-corrected chi connectivity index (χ1v) is 10.6. The van der Waals surface area contributed by atoms with Crippen molar-refractivity contribution < 1.29 is 16.8 Å². The van der Waals surface area contributed by atoms with Crippen LogP contribution in [0.1, 0.15) is 11.1 Å². The number of hydrogen-bond donors (Lipinski definition) is 0. The minimum Gasteiger partial charge on any atom is -0.199 e. The highest BCUT2D eigenvalue weighted by molar-refractivity contribution is 7.91. The number of nitrogens with zero attached hydrogens (tertiary/aromatic N) is 2. The quantitative estimate of drug-likeness (QED) is 0.402. The van der Waals surface area contributed by atoms with Crippen molar-refractivity contribution in [2.45, 2.75) is 9.79 Å². The molecule has 0 saturated heterocycles. The lowest BCUT2D eigenvalue weighted by atomic mass is 10.1. The summed E-state index contributed by atoms with van der Waals surface area (Å²) in [5.74, 6) is 0. The maximum atomic E-state index is 12.1. The Morgan fingerprint density at radius 3 is 1.38 bits per heavy atom. The minimum absolute atomic E-state index is 0.0779. The lowest BCUT2D eigenvalue weighted by Gasteiger charge is -2.04. The maximum absolute atomic E-state index is 12.1. The zero-order valence-corrected chi connectivity index (χ0v) is 16.2. The topological polar surface area (TPSA) is 93.0 Å². The van der Waals surface area contributed by atoms with Crippen molar-refractivity contribution in [3.05, 3.63) is 59.7 Å². The van der Waals surface area contributed by atoms with Crippen LogP contribution in [0.15, 0.2) is 67.1 Å². The van der Waals surface area contributed by atoms with E-state index in [0.29, 0.717) is 11.1 Å². The van der Waals surface area contributed by atoms with Crippen LogP contribution in [0, 0.1) is 0 Å². The number of rotatable bonds is 6. The second-order valence-corrected chi connectivity index (χ2v) is 8.23. The molecule has 0 aliphatic rings. The SMILES string of the molecule is O=S(=O)(N=C=S)c1ccccc1C=Cc1ccccc1S(=O)(=O)N=C=S. The van der Waals surface area contributed by atoms with Crippen molar-refractivity contribution in [1.82, 2.24) is 0 Å². The van der Waals surface area contributed by atoms with E-state index in [1.807, 2.05) is 10.3 Å². The molecule has 26 heavy (non-hydrogen) atoms. The van der Waals surface area contributed by atoms with Crippen molar-refractivity contribution >= 4 is 67.0 Å². The smallest absolute Gasteiger partial charge is 0.199 e. The van der Waals surface area contributed by atoms with Gasteiger partial charge in [0.05, 0.1) is 20.1 Å². The molecule has 6 nitrogen and oxygen atoms in total. The molecule has 0 N–H and O–H groups in total. The lowest BCUT2D eigenvalue weighted by Crippen LogP contribution is -2.00. The normalized spacial score (nSPS) is 11.5. The van der Waals surface area contributed by atoms with Crippen molar-refractivity contribution in [1.29, 1.82) is 0 Å². The highest BCUT2D eigenvalue weighted by atomic mass is 32.2. The Morgan fingerprint density at radius 2 is 1.04 bits per heavy atom. The molecule has 132 valence electrons. The van der Waals surface area contributed by atoms with E-state index in [2.05, 4.69) is 33.2 Å². The Morgan fingerprint density at radius 1 is 0.692 bits per heavy atom. The molecule has 0 atom stereocenters. The number of benzene rings is 2. The summed E-state index contributed by atoms with van der Waals surface area (Å²) in [5, 5.41) is 3.68. The number of hydrogen-bond acceptors (Lipinski definition) is 6. The summed E-state index contributed by atoms with van der Waals surface area (Å²) in [6, 6.07) is 12.2. The second kappa shape index (κ2) is 8.37. The van der Waals surface area contributed by atoms with Gasteiger partial charge in [-0.3, -0.25) is 0 Å². The van der Waals surface area contributed by atoms with Gasteiger partial charge in [0.2, 0.25) is 0 Å². The summed E-state index contributed by atoms with van der Waals surface area (Å²) in [5.41, 5.74) is 0.624. The van der Waals surface area contributed by atoms with Gasteiger partial charge in [0, 0.05) is 0 Å². The largest absolute Gasteiger partial charge is 0.291 e. The van der Waals surface area contributed by atoms with Crippen molar-refractivity contribution in [2.24, 2.45) is 8.80 Å². The summed E-state index contributed by atoms with van der Waals surface area (Å²) in [4.78, 5) is -0.156. The van der Waals surface area contributed by atoms with Crippen LogP contribution >= 0.6 is 24.4 Å². The third-order valence-electron chi connectivity index (χ3n) is 3.15. The van der Waals surface area contributed by atoms with Gasteiger partial charge in [0.15, 0.2) is 0 Å². The molecule has 0 aromatic heterocycles. The Hall–Kier alpha value is -2.32. The van der Waals surface area contributed by atoms with Crippen LogP contribution in [0.4, 0.5) is 0 Å². The molecule has 0 aliphatic heterocycles. The summed E-state index contributed by atoms with van der Waals surface area (Å²) in [7, 11) is -7.99. The van der Waals surface area contributed by atoms with Gasteiger partial charge in [-0.2, -0.15) is 16.8 Å². The van der Waals surface area contributed by atoms with E-state index in [1.54, 1.807) is 24.3 Å². The van der Waals surface area contributed by atoms with Crippen LogP contribution in [0.25, 0.3) is 12.2 Å². The van der Waals surface area contributed by atoms with Gasteiger partial charge >= 0.3 is 0 Å². The monoisotopic (exact) mass is 422 g/mol. The van der Waals surface area contributed by atoms with Gasteiger partial charge in [-0.1, -0.05) is 48.6 Å². The summed E-state index contributed by atoms with van der Waals surface area (Å²) in [6.07, 6.45) is 2.92. The van der Waals surface area contributed by atoms with Crippen LogP contribution in [0.3, 0.4) is 0 Å². The molecule has 0 spiro atoms. The first kappa shape index (κ1) is 20.0. The van der Waals surface area contributed by atoms with E-state index >= 15 is 0 Å². The first-order valence-electron chi connectivity index (χ1n) is 6.86. The van der Waals surface area contributed by atoms with Crippen LogP contribution in [-0.2, 0) is 20.0 Å². The van der Waals surface area contributed by atoms with Gasteiger partial charge in [0.1, 0.15) is 0 Å². The fourth-order valence-corrected chi connectivity index (χ4v) is 4.43. The third-order valence-corrected chi connectivity index (χ3v) is 6.08. The Labute approximate surface area is 161 Å². The molecular formula is C16H10N2O4S4. The molecule has 0 fully saturated rings. The molecule has 2 aromatic carbocycles. The first-order chi connectivity index (χ1) is 12.3. The average Bonchev–Trinajstić information content (AvgIpc) is 2.60. The highest BCUT2D eigenvalue weighted by Gasteiger charge is 2.17. The van der Waals surface area contributed by atoms with Gasteiger partial charge in [-0.25, -0.2) is 0 Å². The van der Waals surface area contributed by atoms with E-state index in [-0.39, 0.29) is 9.79 Å². The standard InChI is InChI=1S/C16H10N2O4S4/c19-25(20,17-11-23)15-7-3-1-5-13(15)9-10-14-6-2-4-8-16(14)26(21,22)18-12-24/h1-10H. The average molecular weight is 423 g/mol. The molecule has 2 rings (SSSR count). The Balaban J connectivity index is 2.58. The van der Waals surface area contributed by atoms with Gasteiger partial charge in [0.25, 0.3) is 20.0 Å². The zero-order valence-electron chi connectivity index (χ0n) is 12.9. The number of thiocarbonyl (C=S) groups is 2. The Kier molecular flexibility index (Phi) is 6.44. The third kappa shape index (κ3) is 4.64. The van der Waals surface area contributed by atoms with E-state index in [0.717, 1.165) is 0 Å². The van der Waals surface area contributed by atoms with E-state index in [9.17, 15) is 16.8 Å². The van der Waals surface area contributed by atoms with Gasteiger partial charge in [-0.05, 0) is 47.7 Å². The van der Waals surface area contributed by atoms with Crippen molar-refractivity contribution in [3.8, 4) is 0 Å². The Bertz CT molecular complexity index is 1080. The molecule has 0 saturated carbocycles. The van der Waals surface area contributed by atoms with Crippen molar-refractivity contribution in [3.63, 3.8) is 0 Å². The number of isothiocyanates is 2. The minimum atomic E-state index is -3.99. The molecule has 0 amide bonds. The van der Waals surface area contributed by atoms with Crippen LogP contribution < -0.4 is 0 Å². The molecule has 0 unspecified atom stereocenters. The second-order valence-electron chi connectivity index (χ2n) is 4.72. The fraction of sp³-hybridized carbons (Fsp3) is 0. The maximum Gasteiger partial charge on any atom is 0.291 e. The number of sulfonamides is 2. The molecule has 0 aliphatic carbocycles. The van der Waals surface area contributed by atoms with Gasteiger partial charge < -0.3 is 0 Å². The molecule has 0 bridgehead atoms. The van der Waals surface area contributed by atoms with Crippen molar-refractivity contribution in [2.75, 3.05) is 0 Å². The molecule has 0 radical (unpaired) electrons. The summed E-state index contributed by atoms with van der Waals surface area (Å²) in [6.45, 7) is 0. The molecular weight excluding hydrogens is 412 g/mol.